The van der Waals surface area contributed by atoms with E-state index in [0.717, 1.165) is 33.8 Å². The summed E-state index contributed by atoms with van der Waals surface area (Å²) in [6.07, 6.45) is 4.00. The first-order valence-corrected chi connectivity index (χ1v) is 11.3. The molecule has 1 fully saturated rings. The van der Waals surface area contributed by atoms with E-state index >= 15 is 0 Å². The van der Waals surface area contributed by atoms with E-state index in [0.29, 0.717) is 23.6 Å². The molecular weight excluding hydrogens is 464 g/mol. The van der Waals surface area contributed by atoms with Crippen molar-refractivity contribution in [2.45, 2.75) is 28.9 Å². The Balaban J connectivity index is 1.43. The summed E-state index contributed by atoms with van der Waals surface area (Å²) in [4.78, 5) is 18.2. The summed E-state index contributed by atoms with van der Waals surface area (Å²) in [5, 5.41) is 3.79. The van der Waals surface area contributed by atoms with Crippen LogP contribution in [0.2, 0.25) is 0 Å². The SMILES string of the molecule is O=C(Nc1cccc(OCC2CCCO2)c1)c1ccccc1Sc1ccc(Br)cn1. The smallest absolute Gasteiger partial charge is 0.256 e. The van der Waals surface area contributed by atoms with Crippen molar-refractivity contribution in [3.63, 3.8) is 0 Å². The number of carbonyl (C=O) groups excluding carboxylic acids is 1. The van der Waals surface area contributed by atoms with Crippen molar-refractivity contribution in [1.82, 2.24) is 4.98 Å². The van der Waals surface area contributed by atoms with Crippen molar-refractivity contribution >= 4 is 39.3 Å². The van der Waals surface area contributed by atoms with E-state index in [1.165, 1.54) is 11.8 Å². The summed E-state index contributed by atoms with van der Waals surface area (Å²) in [6.45, 7) is 1.33. The molecule has 30 heavy (non-hydrogen) atoms. The van der Waals surface area contributed by atoms with Crippen molar-refractivity contribution in [2.24, 2.45) is 0 Å². The molecule has 0 radical (unpaired) electrons. The Morgan fingerprint density at radius 1 is 1.20 bits per heavy atom. The van der Waals surface area contributed by atoms with Gasteiger partial charge in [-0.2, -0.15) is 0 Å². The molecule has 0 bridgehead atoms. The van der Waals surface area contributed by atoms with Gasteiger partial charge in [0.25, 0.3) is 5.91 Å². The summed E-state index contributed by atoms with van der Waals surface area (Å²) in [6, 6.07) is 18.8. The van der Waals surface area contributed by atoms with E-state index in [1.807, 2.05) is 60.7 Å². The molecule has 5 nitrogen and oxygen atoms in total. The fourth-order valence-corrected chi connectivity index (χ4v) is 4.22. The zero-order chi connectivity index (χ0) is 20.8. The van der Waals surface area contributed by atoms with Gasteiger partial charge in [0, 0.05) is 33.9 Å². The van der Waals surface area contributed by atoms with E-state index in [4.69, 9.17) is 9.47 Å². The Morgan fingerprint density at radius 2 is 2.10 bits per heavy atom. The first kappa shape index (κ1) is 20.9. The number of hydrogen-bond donors (Lipinski definition) is 1. The number of anilines is 1. The average molecular weight is 485 g/mol. The van der Waals surface area contributed by atoms with Crippen LogP contribution in [0.15, 0.2) is 81.3 Å². The van der Waals surface area contributed by atoms with Gasteiger partial charge in [-0.05, 0) is 65.2 Å². The van der Waals surface area contributed by atoms with Crippen molar-refractivity contribution in [1.29, 1.82) is 0 Å². The molecule has 0 saturated carbocycles. The molecule has 1 unspecified atom stereocenters. The number of ether oxygens (including phenoxy) is 2. The van der Waals surface area contributed by atoms with Gasteiger partial charge in [-0.15, -0.1) is 0 Å². The van der Waals surface area contributed by atoms with Crippen LogP contribution in [-0.2, 0) is 4.74 Å². The van der Waals surface area contributed by atoms with Gasteiger partial charge in [-0.25, -0.2) is 4.98 Å². The number of halogens is 1. The third-order valence-corrected chi connectivity index (χ3v) is 6.09. The van der Waals surface area contributed by atoms with E-state index in [9.17, 15) is 4.79 Å². The minimum atomic E-state index is -0.175. The Kier molecular flexibility index (Phi) is 7.04. The molecule has 4 rings (SSSR count). The molecule has 1 aromatic heterocycles. The number of carbonyl (C=O) groups is 1. The third kappa shape index (κ3) is 5.62. The molecule has 0 spiro atoms. The first-order chi connectivity index (χ1) is 14.7. The number of nitrogens with one attached hydrogen (secondary N) is 1. The Labute approximate surface area is 188 Å². The van der Waals surface area contributed by atoms with Crippen LogP contribution >= 0.6 is 27.7 Å². The lowest BCUT2D eigenvalue weighted by Crippen LogP contribution is -2.16. The van der Waals surface area contributed by atoms with E-state index in [-0.39, 0.29) is 12.0 Å². The molecule has 7 heteroatoms. The van der Waals surface area contributed by atoms with Gasteiger partial charge < -0.3 is 14.8 Å². The molecule has 1 N–H and O–H groups in total. The Morgan fingerprint density at radius 3 is 2.90 bits per heavy atom. The zero-order valence-corrected chi connectivity index (χ0v) is 18.6. The minimum absolute atomic E-state index is 0.152. The molecule has 2 aromatic carbocycles. The second kappa shape index (κ2) is 10.1. The van der Waals surface area contributed by atoms with Crippen molar-refractivity contribution in [3.05, 3.63) is 76.9 Å². The fourth-order valence-electron chi connectivity index (χ4n) is 3.11. The zero-order valence-electron chi connectivity index (χ0n) is 16.2. The van der Waals surface area contributed by atoms with E-state index in [2.05, 4.69) is 26.2 Å². The van der Waals surface area contributed by atoms with Gasteiger partial charge in [0.1, 0.15) is 17.4 Å². The Bertz CT molecular complexity index is 1010. The quantitative estimate of drug-likeness (QED) is 0.458. The van der Waals surface area contributed by atoms with Gasteiger partial charge in [0.05, 0.1) is 11.7 Å². The van der Waals surface area contributed by atoms with Crippen LogP contribution < -0.4 is 10.1 Å². The van der Waals surface area contributed by atoms with Crippen LogP contribution in [0.4, 0.5) is 5.69 Å². The molecule has 3 aromatic rings. The van der Waals surface area contributed by atoms with Gasteiger partial charge in [0.2, 0.25) is 0 Å². The lowest BCUT2D eigenvalue weighted by Gasteiger charge is -2.13. The minimum Gasteiger partial charge on any atom is -0.491 e. The van der Waals surface area contributed by atoms with Crippen LogP contribution in [0, 0.1) is 0 Å². The number of amides is 1. The number of aromatic nitrogens is 1. The van der Waals surface area contributed by atoms with Crippen LogP contribution in [0.3, 0.4) is 0 Å². The number of pyridine rings is 1. The van der Waals surface area contributed by atoms with Crippen molar-refractivity contribution < 1.29 is 14.3 Å². The third-order valence-electron chi connectivity index (χ3n) is 4.60. The normalized spacial score (nSPS) is 15.7. The molecule has 1 saturated heterocycles. The number of benzene rings is 2. The molecule has 1 aliphatic rings. The van der Waals surface area contributed by atoms with E-state index in [1.54, 1.807) is 6.20 Å². The molecular formula is C23H21BrN2O3S. The predicted molar refractivity (Wildman–Crippen MR) is 121 cm³/mol. The predicted octanol–water partition coefficient (Wildman–Crippen LogP) is 5.81. The second-order valence-electron chi connectivity index (χ2n) is 6.84. The molecule has 2 heterocycles. The fraction of sp³-hybridized carbons (Fsp3) is 0.217. The van der Waals surface area contributed by atoms with Crippen LogP contribution in [-0.4, -0.2) is 30.2 Å². The molecule has 1 atom stereocenters. The summed E-state index contributed by atoms with van der Waals surface area (Å²) in [5.41, 5.74) is 1.28. The monoisotopic (exact) mass is 484 g/mol. The van der Waals surface area contributed by atoms with Crippen LogP contribution in [0.5, 0.6) is 5.75 Å². The van der Waals surface area contributed by atoms with Crippen molar-refractivity contribution in [3.8, 4) is 5.75 Å². The highest BCUT2D eigenvalue weighted by atomic mass is 79.9. The lowest BCUT2D eigenvalue weighted by atomic mass is 10.2. The average Bonchev–Trinajstić information content (AvgIpc) is 3.28. The highest BCUT2D eigenvalue weighted by Crippen LogP contribution is 2.30. The number of hydrogen-bond acceptors (Lipinski definition) is 5. The molecule has 1 amide bonds. The maximum atomic E-state index is 12.9. The molecule has 1 aliphatic heterocycles. The topological polar surface area (TPSA) is 60.5 Å². The summed E-state index contributed by atoms with van der Waals surface area (Å²) >= 11 is 4.84. The molecule has 0 aliphatic carbocycles. The first-order valence-electron chi connectivity index (χ1n) is 9.71. The highest BCUT2D eigenvalue weighted by molar-refractivity contribution is 9.10. The van der Waals surface area contributed by atoms with Gasteiger partial charge in [-0.1, -0.05) is 30.0 Å². The van der Waals surface area contributed by atoms with Crippen LogP contribution in [0.1, 0.15) is 23.2 Å². The number of nitrogens with zero attached hydrogens (tertiary/aromatic N) is 1. The number of rotatable bonds is 7. The highest BCUT2D eigenvalue weighted by Gasteiger charge is 2.16. The summed E-state index contributed by atoms with van der Waals surface area (Å²) in [7, 11) is 0. The van der Waals surface area contributed by atoms with Crippen LogP contribution in [0.25, 0.3) is 0 Å². The maximum absolute atomic E-state index is 12.9. The maximum Gasteiger partial charge on any atom is 0.256 e. The van der Waals surface area contributed by atoms with Gasteiger partial charge in [-0.3, -0.25) is 4.79 Å². The van der Waals surface area contributed by atoms with Gasteiger partial charge >= 0.3 is 0 Å². The second-order valence-corrected chi connectivity index (χ2v) is 8.82. The lowest BCUT2D eigenvalue weighted by molar-refractivity contribution is 0.0680. The standard InChI is InChI=1S/C23H21BrN2O3S/c24-16-10-11-22(25-14-16)30-21-9-2-1-8-20(21)23(27)26-17-5-3-6-18(13-17)29-15-19-7-4-12-28-19/h1-3,5-6,8-11,13-14,19H,4,7,12,15H2,(H,26,27). The Hall–Kier alpha value is -2.35. The summed E-state index contributed by atoms with van der Waals surface area (Å²) in [5.74, 6) is 0.538. The summed E-state index contributed by atoms with van der Waals surface area (Å²) < 4.78 is 12.3. The molecule has 154 valence electrons. The van der Waals surface area contributed by atoms with Gasteiger partial charge in [0.15, 0.2) is 0 Å². The van der Waals surface area contributed by atoms with Crippen molar-refractivity contribution in [2.75, 3.05) is 18.5 Å². The largest absolute Gasteiger partial charge is 0.491 e. The van der Waals surface area contributed by atoms with E-state index < -0.39 is 0 Å².